The summed E-state index contributed by atoms with van der Waals surface area (Å²) in [5, 5.41) is 12.4. The molecule has 1 fully saturated rings. The number of carbonyl (C=O) groups is 2. The van der Waals surface area contributed by atoms with Gasteiger partial charge in [-0.2, -0.15) is 5.10 Å². The van der Waals surface area contributed by atoms with E-state index in [4.69, 9.17) is 0 Å². The van der Waals surface area contributed by atoms with Gasteiger partial charge in [0.05, 0.1) is 18.3 Å². The van der Waals surface area contributed by atoms with Crippen LogP contribution in [0.1, 0.15) is 34.9 Å². The smallest absolute Gasteiger partial charge is 0.257 e. The number of carbonyl (C=O) groups excluding carboxylic acids is 2. The molecule has 0 aliphatic carbocycles. The predicted molar refractivity (Wildman–Crippen MR) is 120 cm³/mol. The van der Waals surface area contributed by atoms with Crippen LogP contribution in [0, 0.1) is 0 Å². The van der Waals surface area contributed by atoms with Crippen molar-refractivity contribution in [1.82, 2.24) is 19.7 Å². The van der Waals surface area contributed by atoms with Crippen LogP contribution < -0.4 is 10.6 Å². The molecule has 10 heteroatoms. The van der Waals surface area contributed by atoms with Crippen LogP contribution in [0.15, 0.2) is 46.4 Å². The molecule has 0 spiro atoms. The summed E-state index contributed by atoms with van der Waals surface area (Å²) >= 11 is 4.76. The largest absolute Gasteiger partial charge is 0.308 e. The van der Waals surface area contributed by atoms with E-state index < -0.39 is 0 Å². The number of nitrogens with one attached hydrogen (secondary N) is 2. The number of halogens is 1. The van der Waals surface area contributed by atoms with E-state index in [1.807, 2.05) is 24.6 Å². The maximum Gasteiger partial charge on any atom is 0.257 e. The van der Waals surface area contributed by atoms with Gasteiger partial charge in [-0.3, -0.25) is 24.5 Å². The van der Waals surface area contributed by atoms with E-state index in [0.717, 1.165) is 29.6 Å². The van der Waals surface area contributed by atoms with Crippen molar-refractivity contribution in [1.29, 1.82) is 0 Å². The zero-order valence-electron chi connectivity index (χ0n) is 16.3. The summed E-state index contributed by atoms with van der Waals surface area (Å²) in [6, 6.07) is 9.00. The summed E-state index contributed by atoms with van der Waals surface area (Å²) in [6.45, 7) is 1.11. The Bertz CT molecular complexity index is 1050. The number of amides is 2. The van der Waals surface area contributed by atoms with Crippen LogP contribution in [0.25, 0.3) is 0 Å². The van der Waals surface area contributed by atoms with E-state index in [1.54, 1.807) is 29.1 Å². The first kappa shape index (κ1) is 20.7. The molecule has 1 aliphatic heterocycles. The van der Waals surface area contributed by atoms with Crippen molar-refractivity contribution < 1.29 is 9.59 Å². The average molecular weight is 489 g/mol. The number of aromatic nitrogens is 3. The standard InChI is InChI=1S/C20H21BrN6O2S/c1-26-10-8-17(25-26)23-18(28)11-27-9-2-3-16(27)15-12-30-20(22-15)24-19(29)13-4-6-14(21)7-5-13/h4-8,10,12,16H,2-3,9,11H2,1H3,(H,22,24,29)(H,23,25,28)/t16-/m1/s1. The molecule has 8 nitrogen and oxygen atoms in total. The molecule has 1 saturated heterocycles. The maximum atomic E-state index is 12.4. The summed E-state index contributed by atoms with van der Waals surface area (Å²) in [7, 11) is 1.81. The van der Waals surface area contributed by atoms with Gasteiger partial charge in [-0.05, 0) is 43.7 Å². The molecule has 1 aromatic carbocycles. The first-order valence-electron chi connectivity index (χ1n) is 9.54. The number of benzene rings is 1. The topological polar surface area (TPSA) is 92.2 Å². The van der Waals surface area contributed by atoms with Gasteiger partial charge >= 0.3 is 0 Å². The molecule has 1 aliphatic rings. The van der Waals surface area contributed by atoms with Gasteiger partial charge in [-0.25, -0.2) is 4.98 Å². The lowest BCUT2D eigenvalue weighted by Crippen LogP contribution is -2.33. The van der Waals surface area contributed by atoms with Crippen molar-refractivity contribution in [3.63, 3.8) is 0 Å². The normalized spacial score (nSPS) is 16.5. The van der Waals surface area contributed by atoms with E-state index in [9.17, 15) is 9.59 Å². The zero-order valence-corrected chi connectivity index (χ0v) is 18.7. The van der Waals surface area contributed by atoms with Crippen molar-refractivity contribution in [2.24, 2.45) is 7.05 Å². The minimum absolute atomic E-state index is 0.0639. The highest BCUT2D eigenvalue weighted by Crippen LogP contribution is 2.33. The second-order valence-corrected chi connectivity index (χ2v) is 8.86. The van der Waals surface area contributed by atoms with Crippen LogP contribution in [0.5, 0.6) is 0 Å². The molecule has 0 bridgehead atoms. The van der Waals surface area contributed by atoms with Crippen molar-refractivity contribution in [3.05, 3.63) is 57.6 Å². The lowest BCUT2D eigenvalue weighted by molar-refractivity contribution is -0.117. The van der Waals surface area contributed by atoms with Gasteiger partial charge in [0.1, 0.15) is 0 Å². The molecule has 156 valence electrons. The van der Waals surface area contributed by atoms with Crippen LogP contribution in [-0.4, -0.2) is 44.6 Å². The van der Waals surface area contributed by atoms with Gasteiger partial charge in [0, 0.05) is 34.7 Å². The second kappa shape index (κ2) is 9.07. The van der Waals surface area contributed by atoms with E-state index >= 15 is 0 Å². The van der Waals surface area contributed by atoms with Gasteiger partial charge in [0.2, 0.25) is 5.91 Å². The SMILES string of the molecule is Cn1ccc(NC(=O)CN2CCC[C@@H]2c2csc(NC(=O)c3ccc(Br)cc3)n2)n1. The summed E-state index contributed by atoms with van der Waals surface area (Å²) < 4.78 is 2.57. The molecule has 3 aromatic rings. The third kappa shape index (κ3) is 4.94. The predicted octanol–water partition coefficient (Wildman–Crippen LogP) is 3.67. The Kier molecular flexibility index (Phi) is 6.26. The Balaban J connectivity index is 1.37. The minimum atomic E-state index is -0.193. The summed E-state index contributed by atoms with van der Waals surface area (Å²) in [4.78, 5) is 31.5. The Morgan fingerprint density at radius 3 is 2.77 bits per heavy atom. The Morgan fingerprint density at radius 1 is 1.23 bits per heavy atom. The van der Waals surface area contributed by atoms with Crippen LogP contribution in [0.3, 0.4) is 0 Å². The highest BCUT2D eigenvalue weighted by Gasteiger charge is 2.29. The number of hydrogen-bond donors (Lipinski definition) is 2. The van der Waals surface area contributed by atoms with E-state index in [-0.39, 0.29) is 24.4 Å². The number of nitrogens with zero attached hydrogens (tertiary/aromatic N) is 4. The van der Waals surface area contributed by atoms with E-state index in [2.05, 4.69) is 41.5 Å². The summed E-state index contributed by atoms with van der Waals surface area (Å²) in [6.07, 6.45) is 3.72. The molecule has 0 unspecified atom stereocenters. The Morgan fingerprint density at radius 2 is 2.03 bits per heavy atom. The van der Waals surface area contributed by atoms with E-state index in [1.165, 1.54) is 11.3 Å². The first-order chi connectivity index (χ1) is 14.5. The molecule has 2 N–H and O–H groups in total. The van der Waals surface area contributed by atoms with Crippen LogP contribution in [0.2, 0.25) is 0 Å². The van der Waals surface area contributed by atoms with Gasteiger partial charge in [-0.1, -0.05) is 15.9 Å². The van der Waals surface area contributed by atoms with Crippen LogP contribution >= 0.6 is 27.3 Å². The maximum absolute atomic E-state index is 12.4. The van der Waals surface area contributed by atoms with Crippen LogP contribution in [0.4, 0.5) is 10.9 Å². The van der Waals surface area contributed by atoms with E-state index in [0.29, 0.717) is 16.5 Å². The summed E-state index contributed by atoms with van der Waals surface area (Å²) in [5.74, 6) is 0.255. The number of likely N-dealkylation sites (tertiary alicyclic amines) is 1. The lowest BCUT2D eigenvalue weighted by atomic mass is 10.2. The van der Waals surface area contributed by atoms with Crippen molar-refractivity contribution in [2.75, 3.05) is 23.7 Å². The van der Waals surface area contributed by atoms with Gasteiger partial charge < -0.3 is 5.32 Å². The van der Waals surface area contributed by atoms with Crippen LogP contribution in [-0.2, 0) is 11.8 Å². The third-order valence-electron chi connectivity index (χ3n) is 4.88. The van der Waals surface area contributed by atoms with Gasteiger partial charge in [0.15, 0.2) is 10.9 Å². The second-order valence-electron chi connectivity index (χ2n) is 7.09. The summed E-state index contributed by atoms with van der Waals surface area (Å²) in [5.41, 5.74) is 1.46. The molecule has 2 amide bonds. The first-order valence-corrected chi connectivity index (χ1v) is 11.2. The molecule has 0 saturated carbocycles. The molecular weight excluding hydrogens is 468 g/mol. The minimum Gasteiger partial charge on any atom is -0.308 e. The zero-order chi connectivity index (χ0) is 21.1. The Labute approximate surface area is 186 Å². The molecule has 2 aromatic heterocycles. The number of hydrogen-bond acceptors (Lipinski definition) is 6. The molecule has 3 heterocycles. The highest BCUT2D eigenvalue weighted by atomic mass is 79.9. The number of thiazole rings is 1. The molecular formula is C20H21BrN6O2S. The molecule has 30 heavy (non-hydrogen) atoms. The van der Waals surface area contributed by atoms with Gasteiger partial charge in [0.25, 0.3) is 5.91 Å². The van der Waals surface area contributed by atoms with Crippen molar-refractivity contribution in [3.8, 4) is 0 Å². The lowest BCUT2D eigenvalue weighted by Gasteiger charge is -2.22. The number of anilines is 2. The average Bonchev–Trinajstić information content (AvgIpc) is 3.44. The Hall–Kier alpha value is -2.56. The van der Waals surface area contributed by atoms with Crippen molar-refractivity contribution >= 4 is 50.0 Å². The van der Waals surface area contributed by atoms with Gasteiger partial charge in [-0.15, -0.1) is 11.3 Å². The monoisotopic (exact) mass is 488 g/mol. The molecule has 0 radical (unpaired) electrons. The fourth-order valence-electron chi connectivity index (χ4n) is 3.47. The molecule has 4 rings (SSSR count). The fourth-order valence-corrected chi connectivity index (χ4v) is 4.48. The molecule has 1 atom stereocenters. The quantitative estimate of drug-likeness (QED) is 0.552. The number of rotatable bonds is 6. The third-order valence-corrected chi connectivity index (χ3v) is 6.19. The highest BCUT2D eigenvalue weighted by molar-refractivity contribution is 9.10. The fraction of sp³-hybridized carbons (Fsp3) is 0.300. The van der Waals surface area contributed by atoms with Crippen molar-refractivity contribution in [2.45, 2.75) is 18.9 Å². The number of aryl methyl sites for hydroxylation is 1.